The molecule has 5 nitrogen and oxygen atoms in total. The van der Waals surface area contributed by atoms with Gasteiger partial charge in [-0.1, -0.05) is 30.3 Å². The zero-order chi connectivity index (χ0) is 17.1. The van der Waals surface area contributed by atoms with Crippen molar-refractivity contribution in [2.45, 2.75) is 6.54 Å². The summed E-state index contributed by atoms with van der Waals surface area (Å²) in [6, 6.07) is 12.4. The summed E-state index contributed by atoms with van der Waals surface area (Å²) in [7, 11) is 3.74. The van der Waals surface area contributed by atoms with Gasteiger partial charge in [-0.15, -0.1) is 0 Å². The van der Waals surface area contributed by atoms with Gasteiger partial charge in [-0.3, -0.25) is 9.69 Å². The molecule has 1 atom stereocenters. The van der Waals surface area contributed by atoms with Gasteiger partial charge in [-0.05, 0) is 24.1 Å². The van der Waals surface area contributed by atoms with E-state index < -0.39 is 0 Å². The minimum Gasteiger partial charge on any atom is -0.496 e. The maximum absolute atomic E-state index is 11.7. The lowest BCUT2D eigenvalue weighted by Crippen LogP contribution is -2.37. The molecule has 3 rings (SSSR count). The lowest BCUT2D eigenvalue weighted by atomic mass is 10.0. The molecule has 1 fully saturated rings. The molecule has 2 aromatic carbocycles. The summed E-state index contributed by atoms with van der Waals surface area (Å²) in [6.45, 7) is 4.12. The number of hydrogen-bond donors (Lipinski definition) is 1. The molecule has 2 N–H and O–H groups in total. The molecule has 1 unspecified atom stereocenters. The molecule has 24 heavy (non-hydrogen) atoms. The van der Waals surface area contributed by atoms with Gasteiger partial charge < -0.3 is 15.4 Å². The van der Waals surface area contributed by atoms with E-state index in [0.717, 1.165) is 37.3 Å². The SMILES string of the molecule is COc1ccc(CN2CCN(C)CC(C(N)=O)C2)c2ccccc12. The topological polar surface area (TPSA) is 58.8 Å². The highest BCUT2D eigenvalue weighted by Gasteiger charge is 2.25. The molecular weight excluding hydrogens is 302 g/mol. The number of benzene rings is 2. The number of carbonyl (C=O) groups excluding carboxylic acids is 1. The van der Waals surface area contributed by atoms with Crippen molar-refractivity contribution in [1.29, 1.82) is 0 Å². The zero-order valence-corrected chi connectivity index (χ0v) is 14.4. The van der Waals surface area contributed by atoms with Crippen LogP contribution in [0.3, 0.4) is 0 Å². The van der Waals surface area contributed by atoms with Gasteiger partial charge in [0.15, 0.2) is 0 Å². The molecule has 0 bridgehead atoms. The summed E-state index contributed by atoms with van der Waals surface area (Å²) < 4.78 is 5.47. The van der Waals surface area contributed by atoms with Crippen LogP contribution >= 0.6 is 0 Å². The largest absolute Gasteiger partial charge is 0.496 e. The van der Waals surface area contributed by atoms with Gasteiger partial charge in [0.25, 0.3) is 0 Å². The molecule has 1 amide bonds. The van der Waals surface area contributed by atoms with Crippen molar-refractivity contribution in [2.75, 3.05) is 40.3 Å². The standard InChI is InChI=1S/C19H25N3O2/c1-21-9-10-22(13-15(11-21)19(20)23)12-14-7-8-18(24-2)17-6-4-3-5-16(14)17/h3-8,15H,9-13H2,1-2H3,(H2,20,23). The zero-order valence-electron chi connectivity index (χ0n) is 14.4. The van der Waals surface area contributed by atoms with Crippen molar-refractivity contribution in [2.24, 2.45) is 11.7 Å². The molecular formula is C19H25N3O2. The number of rotatable bonds is 4. The van der Waals surface area contributed by atoms with Crippen molar-refractivity contribution in [3.63, 3.8) is 0 Å². The Morgan fingerprint density at radius 2 is 1.92 bits per heavy atom. The van der Waals surface area contributed by atoms with Crippen LogP contribution in [0.25, 0.3) is 10.8 Å². The van der Waals surface area contributed by atoms with E-state index in [4.69, 9.17) is 10.5 Å². The Morgan fingerprint density at radius 1 is 1.17 bits per heavy atom. The second-order valence-corrected chi connectivity index (χ2v) is 6.57. The molecule has 1 heterocycles. The van der Waals surface area contributed by atoms with Gasteiger partial charge in [0.05, 0.1) is 13.0 Å². The Kier molecular flexibility index (Phi) is 5.02. The fraction of sp³-hybridized carbons (Fsp3) is 0.421. The second kappa shape index (κ2) is 7.20. The first-order chi connectivity index (χ1) is 11.6. The van der Waals surface area contributed by atoms with E-state index in [2.05, 4.69) is 28.0 Å². The van der Waals surface area contributed by atoms with Crippen LogP contribution in [-0.4, -0.2) is 56.0 Å². The fourth-order valence-corrected chi connectivity index (χ4v) is 3.45. The molecule has 5 heteroatoms. The highest BCUT2D eigenvalue weighted by molar-refractivity contribution is 5.91. The average molecular weight is 327 g/mol. The van der Waals surface area contributed by atoms with E-state index in [-0.39, 0.29) is 11.8 Å². The number of amides is 1. The van der Waals surface area contributed by atoms with Gasteiger partial charge in [0.1, 0.15) is 5.75 Å². The van der Waals surface area contributed by atoms with Crippen LogP contribution in [0.15, 0.2) is 36.4 Å². The van der Waals surface area contributed by atoms with Crippen LogP contribution in [0, 0.1) is 5.92 Å². The van der Waals surface area contributed by atoms with E-state index >= 15 is 0 Å². The summed E-state index contributed by atoms with van der Waals surface area (Å²) in [6.07, 6.45) is 0. The second-order valence-electron chi connectivity index (χ2n) is 6.57. The minimum absolute atomic E-state index is 0.123. The van der Waals surface area contributed by atoms with Gasteiger partial charge in [0.2, 0.25) is 5.91 Å². The van der Waals surface area contributed by atoms with E-state index in [9.17, 15) is 4.79 Å². The lowest BCUT2D eigenvalue weighted by Gasteiger charge is -2.23. The van der Waals surface area contributed by atoms with Crippen molar-refractivity contribution in [3.8, 4) is 5.75 Å². The average Bonchev–Trinajstić information content (AvgIpc) is 2.77. The van der Waals surface area contributed by atoms with Crippen molar-refractivity contribution >= 4 is 16.7 Å². The fourth-order valence-electron chi connectivity index (χ4n) is 3.45. The van der Waals surface area contributed by atoms with Crippen LogP contribution in [0.1, 0.15) is 5.56 Å². The van der Waals surface area contributed by atoms with Crippen molar-refractivity contribution < 1.29 is 9.53 Å². The molecule has 1 aliphatic rings. The van der Waals surface area contributed by atoms with E-state index in [1.165, 1.54) is 10.9 Å². The highest BCUT2D eigenvalue weighted by atomic mass is 16.5. The summed E-state index contributed by atoms with van der Waals surface area (Å²) in [5, 5.41) is 2.32. The number of nitrogens with zero attached hydrogens (tertiary/aromatic N) is 2. The van der Waals surface area contributed by atoms with E-state index in [1.807, 2.05) is 25.2 Å². The minimum atomic E-state index is -0.215. The monoisotopic (exact) mass is 327 g/mol. The van der Waals surface area contributed by atoms with Gasteiger partial charge >= 0.3 is 0 Å². The summed E-state index contributed by atoms with van der Waals surface area (Å²) in [5.41, 5.74) is 6.82. The Morgan fingerprint density at radius 3 is 2.62 bits per heavy atom. The van der Waals surface area contributed by atoms with Crippen LogP contribution < -0.4 is 10.5 Å². The van der Waals surface area contributed by atoms with Crippen LogP contribution in [0.2, 0.25) is 0 Å². The summed E-state index contributed by atoms with van der Waals surface area (Å²) in [4.78, 5) is 16.2. The third-order valence-corrected chi connectivity index (χ3v) is 4.80. The first-order valence-corrected chi connectivity index (χ1v) is 8.33. The molecule has 0 radical (unpaired) electrons. The Hall–Kier alpha value is -2.11. The molecule has 1 aliphatic heterocycles. The smallest absolute Gasteiger partial charge is 0.223 e. The molecule has 0 spiro atoms. The number of primary amides is 1. The number of nitrogens with two attached hydrogens (primary N) is 1. The molecule has 128 valence electrons. The first-order valence-electron chi connectivity index (χ1n) is 8.33. The predicted octanol–water partition coefficient (Wildman–Crippen LogP) is 1.70. The molecule has 0 saturated carbocycles. The quantitative estimate of drug-likeness (QED) is 0.928. The molecule has 0 aromatic heterocycles. The third-order valence-electron chi connectivity index (χ3n) is 4.80. The Bertz CT molecular complexity index is 732. The van der Waals surface area contributed by atoms with Gasteiger partial charge in [0, 0.05) is 38.1 Å². The molecule has 1 saturated heterocycles. The maximum Gasteiger partial charge on any atom is 0.223 e. The van der Waals surface area contributed by atoms with E-state index in [1.54, 1.807) is 7.11 Å². The van der Waals surface area contributed by atoms with Gasteiger partial charge in [-0.2, -0.15) is 0 Å². The van der Waals surface area contributed by atoms with Gasteiger partial charge in [-0.25, -0.2) is 0 Å². The molecule has 2 aromatic rings. The number of likely N-dealkylation sites (N-methyl/N-ethyl adjacent to an activating group) is 1. The van der Waals surface area contributed by atoms with Crippen molar-refractivity contribution in [1.82, 2.24) is 9.80 Å². The maximum atomic E-state index is 11.7. The molecule has 0 aliphatic carbocycles. The first kappa shape index (κ1) is 16.7. The van der Waals surface area contributed by atoms with Crippen LogP contribution in [0.5, 0.6) is 5.75 Å². The number of methoxy groups -OCH3 is 1. The Balaban J connectivity index is 1.87. The van der Waals surface area contributed by atoms with Crippen LogP contribution in [0.4, 0.5) is 0 Å². The highest BCUT2D eigenvalue weighted by Crippen LogP contribution is 2.29. The number of fused-ring (bicyclic) bond motifs is 1. The predicted molar refractivity (Wildman–Crippen MR) is 96.0 cm³/mol. The Labute approximate surface area is 143 Å². The third kappa shape index (κ3) is 3.52. The lowest BCUT2D eigenvalue weighted by molar-refractivity contribution is -0.122. The van der Waals surface area contributed by atoms with Crippen LogP contribution in [-0.2, 0) is 11.3 Å². The number of ether oxygens (including phenoxy) is 1. The summed E-state index contributed by atoms with van der Waals surface area (Å²) >= 11 is 0. The van der Waals surface area contributed by atoms with Crippen molar-refractivity contribution in [3.05, 3.63) is 42.0 Å². The number of hydrogen-bond acceptors (Lipinski definition) is 4. The van der Waals surface area contributed by atoms with E-state index in [0.29, 0.717) is 6.54 Å². The normalized spacial score (nSPS) is 20.0. The summed E-state index contributed by atoms with van der Waals surface area (Å²) in [5.74, 6) is 0.551. The number of carbonyl (C=O) groups is 1.